The lowest BCUT2D eigenvalue weighted by atomic mass is 9.78. The number of aldehydes is 1. The summed E-state index contributed by atoms with van der Waals surface area (Å²) in [5.74, 6) is -0.468. The van der Waals surface area contributed by atoms with Crippen LogP contribution in [0.1, 0.15) is 56.5 Å². The summed E-state index contributed by atoms with van der Waals surface area (Å²) in [5.41, 5.74) is 1.35. The molecular formula is C20H27BN2O5. The first-order valence-corrected chi connectivity index (χ1v) is 9.56. The van der Waals surface area contributed by atoms with Gasteiger partial charge in [0.05, 0.1) is 11.2 Å². The molecule has 0 radical (unpaired) electrons. The molecule has 150 valence electrons. The van der Waals surface area contributed by atoms with Gasteiger partial charge in [-0.3, -0.25) is 9.59 Å². The van der Waals surface area contributed by atoms with Crippen LogP contribution in [0.2, 0.25) is 0 Å². The zero-order chi connectivity index (χ0) is 20.7. The molecule has 8 heteroatoms. The Morgan fingerprint density at radius 2 is 1.93 bits per heavy atom. The summed E-state index contributed by atoms with van der Waals surface area (Å²) < 4.78 is 12.2. The minimum atomic E-state index is -0.671. The number of hydrogen-bond acceptors (Lipinski definition) is 5. The van der Waals surface area contributed by atoms with Crippen LogP contribution in [0.25, 0.3) is 0 Å². The number of nitrogens with one attached hydrogen (secondary N) is 1. The largest absolute Gasteiger partial charge is 0.494 e. The minimum Gasteiger partial charge on any atom is -0.399 e. The maximum absolute atomic E-state index is 12.9. The van der Waals surface area contributed by atoms with Crippen LogP contribution in [0.5, 0.6) is 0 Å². The Morgan fingerprint density at radius 3 is 2.50 bits per heavy atom. The topological polar surface area (TPSA) is 84.9 Å². The molecule has 1 fully saturated rings. The third-order valence-corrected chi connectivity index (χ3v) is 5.97. The van der Waals surface area contributed by atoms with Crippen LogP contribution in [0.3, 0.4) is 0 Å². The van der Waals surface area contributed by atoms with Crippen LogP contribution in [0.4, 0.5) is 0 Å². The molecule has 1 unspecified atom stereocenters. The number of rotatable bonds is 6. The smallest absolute Gasteiger partial charge is 0.399 e. The van der Waals surface area contributed by atoms with E-state index in [1.54, 1.807) is 6.07 Å². The number of likely N-dealkylation sites (N-methyl/N-ethyl adjacent to an activating group) is 1. The fraction of sp³-hybridized carbons (Fsp3) is 0.550. The van der Waals surface area contributed by atoms with Crippen molar-refractivity contribution in [1.82, 2.24) is 10.2 Å². The van der Waals surface area contributed by atoms with Crippen molar-refractivity contribution in [3.8, 4) is 0 Å². The molecule has 0 bridgehead atoms. The zero-order valence-electron chi connectivity index (χ0n) is 17.1. The first kappa shape index (κ1) is 20.5. The standard InChI is InChI=1S/C20H27BN2O5/c1-19(2)20(3,4)28-21(27-19)14-8-9-15-13(11-14)12-23(18(15)26)16(7-6-10-24)17(25)22-5/h8-11,16H,6-7,12H2,1-5H3,(H,22,25). The van der Waals surface area contributed by atoms with Crippen LogP contribution < -0.4 is 10.8 Å². The molecular weight excluding hydrogens is 359 g/mol. The van der Waals surface area contributed by atoms with E-state index >= 15 is 0 Å². The van der Waals surface area contributed by atoms with Gasteiger partial charge in [0, 0.05) is 25.6 Å². The maximum atomic E-state index is 12.9. The molecule has 28 heavy (non-hydrogen) atoms. The van der Waals surface area contributed by atoms with Gasteiger partial charge in [-0.2, -0.15) is 0 Å². The third-order valence-electron chi connectivity index (χ3n) is 5.97. The molecule has 1 aromatic carbocycles. The summed E-state index contributed by atoms with van der Waals surface area (Å²) in [6.07, 6.45) is 1.28. The Morgan fingerprint density at radius 1 is 1.29 bits per heavy atom. The highest BCUT2D eigenvalue weighted by atomic mass is 16.7. The Bertz CT molecular complexity index is 792. The molecule has 0 spiro atoms. The maximum Gasteiger partial charge on any atom is 0.494 e. The predicted octanol–water partition coefficient (Wildman–Crippen LogP) is 1.04. The molecule has 7 nitrogen and oxygen atoms in total. The zero-order valence-corrected chi connectivity index (χ0v) is 17.1. The molecule has 1 saturated heterocycles. The summed E-state index contributed by atoms with van der Waals surface area (Å²) in [5, 5.41) is 2.58. The van der Waals surface area contributed by atoms with E-state index in [0.29, 0.717) is 18.5 Å². The number of amides is 2. The van der Waals surface area contributed by atoms with E-state index in [1.165, 1.54) is 11.9 Å². The monoisotopic (exact) mass is 386 g/mol. The van der Waals surface area contributed by atoms with Crippen LogP contribution in [0, 0.1) is 0 Å². The van der Waals surface area contributed by atoms with Gasteiger partial charge in [-0.25, -0.2) is 0 Å². The van der Waals surface area contributed by atoms with Gasteiger partial charge in [-0.05, 0) is 51.2 Å². The molecule has 3 rings (SSSR count). The third kappa shape index (κ3) is 3.46. The second-order valence-electron chi connectivity index (χ2n) is 8.31. The van der Waals surface area contributed by atoms with Gasteiger partial charge in [-0.15, -0.1) is 0 Å². The van der Waals surface area contributed by atoms with Crippen molar-refractivity contribution in [3.05, 3.63) is 29.3 Å². The Hall–Kier alpha value is -2.19. The minimum absolute atomic E-state index is 0.199. The van der Waals surface area contributed by atoms with Crippen LogP contribution in [0.15, 0.2) is 18.2 Å². The molecule has 0 aromatic heterocycles. The molecule has 1 atom stereocenters. The van der Waals surface area contributed by atoms with Crippen molar-refractivity contribution in [3.63, 3.8) is 0 Å². The first-order valence-electron chi connectivity index (χ1n) is 9.56. The summed E-state index contributed by atoms with van der Waals surface area (Å²) >= 11 is 0. The Labute approximate surface area is 165 Å². The van der Waals surface area contributed by atoms with Gasteiger partial charge in [0.1, 0.15) is 12.3 Å². The number of nitrogens with zero attached hydrogens (tertiary/aromatic N) is 1. The Balaban J connectivity index is 1.84. The van der Waals surface area contributed by atoms with Gasteiger partial charge >= 0.3 is 7.12 Å². The summed E-state index contributed by atoms with van der Waals surface area (Å²) in [6.45, 7) is 8.29. The van der Waals surface area contributed by atoms with Crippen molar-refractivity contribution >= 4 is 30.7 Å². The first-order chi connectivity index (χ1) is 13.1. The van der Waals surface area contributed by atoms with E-state index in [4.69, 9.17) is 9.31 Å². The summed E-state index contributed by atoms with van der Waals surface area (Å²) in [4.78, 5) is 37.4. The van der Waals surface area contributed by atoms with E-state index < -0.39 is 24.4 Å². The molecule has 2 amide bonds. The predicted molar refractivity (Wildman–Crippen MR) is 105 cm³/mol. The summed E-state index contributed by atoms with van der Waals surface area (Å²) in [6, 6.07) is 4.84. The average molecular weight is 386 g/mol. The fourth-order valence-corrected chi connectivity index (χ4v) is 3.56. The van der Waals surface area contributed by atoms with E-state index in [2.05, 4.69) is 5.32 Å². The van der Waals surface area contributed by atoms with Crippen LogP contribution >= 0.6 is 0 Å². The molecule has 0 saturated carbocycles. The van der Waals surface area contributed by atoms with Crippen LogP contribution in [-0.2, 0) is 25.4 Å². The highest BCUT2D eigenvalue weighted by molar-refractivity contribution is 6.62. The number of carbonyl (C=O) groups is 3. The van der Waals surface area contributed by atoms with Gasteiger partial charge < -0.3 is 24.3 Å². The van der Waals surface area contributed by atoms with Crippen LogP contribution in [-0.4, -0.2) is 54.4 Å². The average Bonchev–Trinajstić information content (AvgIpc) is 3.07. The quantitative estimate of drug-likeness (QED) is 0.583. The number of carbonyl (C=O) groups excluding carboxylic acids is 3. The second kappa shape index (κ2) is 7.33. The highest BCUT2D eigenvalue weighted by Gasteiger charge is 2.52. The van der Waals surface area contributed by atoms with E-state index in [0.717, 1.165) is 17.3 Å². The van der Waals surface area contributed by atoms with Crippen molar-refractivity contribution in [1.29, 1.82) is 0 Å². The van der Waals surface area contributed by atoms with Crippen molar-refractivity contribution in [2.45, 2.75) is 64.3 Å². The van der Waals surface area contributed by atoms with E-state index in [1.807, 2.05) is 39.8 Å². The lowest BCUT2D eigenvalue weighted by Crippen LogP contribution is -2.46. The normalized spacial score (nSPS) is 20.8. The van der Waals surface area contributed by atoms with Crippen molar-refractivity contribution in [2.24, 2.45) is 0 Å². The van der Waals surface area contributed by atoms with Gasteiger partial charge in [0.15, 0.2) is 0 Å². The molecule has 1 aromatic rings. The molecule has 1 N–H and O–H groups in total. The molecule has 2 aliphatic heterocycles. The number of benzene rings is 1. The van der Waals surface area contributed by atoms with E-state index in [9.17, 15) is 14.4 Å². The molecule has 0 aliphatic carbocycles. The number of fused-ring (bicyclic) bond motifs is 1. The van der Waals surface area contributed by atoms with Gasteiger partial charge in [0.25, 0.3) is 5.91 Å². The van der Waals surface area contributed by atoms with Crippen molar-refractivity contribution < 1.29 is 23.7 Å². The van der Waals surface area contributed by atoms with Crippen molar-refractivity contribution in [2.75, 3.05) is 7.05 Å². The van der Waals surface area contributed by atoms with Gasteiger partial charge in [-0.1, -0.05) is 12.1 Å². The lowest BCUT2D eigenvalue weighted by Gasteiger charge is -2.32. The highest BCUT2D eigenvalue weighted by Crippen LogP contribution is 2.37. The Kier molecular flexibility index (Phi) is 5.38. The lowest BCUT2D eigenvalue weighted by molar-refractivity contribution is -0.125. The van der Waals surface area contributed by atoms with E-state index in [-0.39, 0.29) is 18.2 Å². The van der Waals surface area contributed by atoms with Gasteiger partial charge in [0.2, 0.25) is 5.91 Å². The summed E-state index contributed by atoms with van der Waals surface area (Å²) in [7, 11) is 1.02. The number of hydrogen-bond donors (Lipinski definition) is 1. The second-order valence-corrected chi connectivity index (χ2v) is 8.31. The fourth-order valence-electron chi connectivity index (χ4n) is 3.56. The molecule has 2 aliphatic rings. The molecule has 2 heterocycles. The SMILES string of the molecule is CNC(=O)C(CCC=O)N1Cc2cc(B3OC(C)(C)C(C)(C)O3)ccc2C1=O.